The topological polar surface area (TPSA) is 95.9 Å². The summed E-state index contributed by atoms with van der Waals surface area (Å²) in [6, 6.07) is -0.635. The first-order chi connectivity index (χ1) is 33.0. The average Bonchev–Trinajstić information content (AvgIpc) is 3.33. The van der Waals surface area contributed by atoms with Crippen molar-refractivity contribution in [2.45, 2.75) is 315 Å². The third kappa shape index (κ3) is 53.0. The van der Waals surface area contributed by atoms with E-state index in [1.807, 2.05) is 6.08 Å². The Bertz CT molecular complexity index is 1130. The van der Waals surface area contributed by atoms with Crippen LogP contribution >= 0.6 is 0 Å². The van der Waals surface area contributed by atoms with Crippen LogP contribution in [0.15, 0.2) is 48.6 Å². The van der Waals surface area contributed by atoms with Gasteiger partial charge >= 0.3 is 5.97 Å². The minimum Gasteiger partial charge on any atom is -0.466 e. The summed E-state index contributed by atoms with van der Waals surface area (Å²) in [4.78, 5) is 24.5. The molecule has 6 nitrogen and oxygen atoms in total. The molecule has 6 heteroatoms. The summed E-state index contributed by atoms with van der Waals surface area (Å²) in [7, 11) is 0. The van der Waals surface area contributed by atoms with Gasteiger partial charge in [-0.3, -0.25) is 9.59 Å². The predicted octanol–water partition coefficient (Wildman–Crippen LogP) is 18.2. The van der Waals surface area contributed by atoms with Crippen LogP contribution in [-0.2, 0) is 14.3 Å². The highest BCUT2D eigenvalue weighted by molar-refractivity contribution is 5.76. The summed E-state index contributed by atoms with van der Waals surface area (Å²) in [5.74, 6) is -0.0819. The second-order valence-corrected chi connectivity index (χ2v) is 20.0. The van der Waals surface area contributed by atoms with Crippen molar-refractivity contribution < 1.29 is 24.5 Å². The molecule has 0 fully saturated rings. The van der Waals surface area contributed by atoms with Crippen molar-refractivity contribution in [3.63, 3.8) is 0 Å². The van der Waals surface area contributed by atoms with Crippen molar-refractivity contribution in [2.75, 3.05) is 13.2 Å². The number of carbonyl (C=O) groups excluding carboxylic acids is 2. The van der Waals surface area contributed by atoms with E-state index in [9.17, 15) is 19.8 Å². The Morgan fingerprint density at radius 1 is 0.418 bits per heavy atom. The molecule has 0 aliphatic heterocycles. The van der Waals surface area contributed by atoms with Crippen LogP contribution in [-0.4, -0.2) is 47.4 Å². The van der Waals surface area contributed by atoms with Crippen molar-refractivity contribution in [3.8, 4) is 0 Å². The molecule has 0 saturated carbocycles. The number of carbonyl (C=O) groups is 2. The zero-order chi connectivity index (χ0) is 48.6. The number of amides is 1. The van der Waals surface area contributed by atoms with Gasteiger partial charge in [0.25, 0.3) is 0 Å². The Kier molecular flexibility index (Phi) is 54.6. The molecule has 0 aromatic heterocycles. The van der Waals surface area contributed by atoms with Gasteiger partial charge in [-0.1, -0.05) is 249 Å². The number of unbranched alkanes of at least 4 members (excludes halogenated alkanes) is 37. The lowest BCUT2D eigenvalue weighted by Crippen LogP contribution is -2.45. The van der Waals surface area contributed by atoms with E-state index >= 15 is 0 Å². The molecule has 3 N–H and O–H groups in total. The van der Waals surface area contributed by atoms with Crippen molar-refractivity contribution in [1.29, 1.82) is 0 Å². The monoisotopic (exact) mass is 940 g/mol. The molecule has 2 unspecified atom stereocenters. The van der Waals surface area contributed by atoms with Crippen molar-refractivity contribution in [3.05, 3.63) is 48.6 Å². The SMILES string of the molecule is CCCCCCC/C=C\CCCCCCCC(=O)OCCCCCCCCCCC/C=C\C/C=C\CCCCCCCCCC(=O)NC(CO)C(O)/C=C/CCCCCCCCCCCCC. The first kappa shape index (κ1) is 64.8. The highest BCUT2D eigenvalue weighted by atomic mass is 16.5. The number of ether oxygens (including phenoxy) is 1. The largest absolute Gasteiger partial charge is 0.466 e. The van der Waals surface area contributed by atoms with Crippen LogP contribution in [0.5, 0.6) is 0 Å². The number of aliphatic hydroxyl groups excluding tert-OH is 2. The minimum absolute atomic E-state index is 0.00260. The van der Waals surface area contributed by atoms with Gasteiger partial charge in [0.05, 0.1) is 25.4 Å². The maximum Gasteiger partial charge on any atom is 0.305 e. The molecule has 1 amide bonds. The van der Waals surface area contributed by atoms with E-state index in [0.717, 1.165) is 64.2 Å². The number of allylic oxidation sites excluding steroid dienone is 7. The van der Waals surface area contributed by atoms with Gasteiger partial charge < -0.3 is 20.3 Å². The number of esters is 1. The van der Waals surface area contributed by atoms with Crippen LogP contribution in [0.3, 0.4) is 0 Å². The number of hydrogen-bond donors (Lipinski definition) is 3. The number of aliphatic hydroxyl groups is 2. The second kappa shape index (κ2) is 56.4. The molecule has 67 heavy (non-hydrogen) atoms. The standard InChI is InChI=1S/C61H113NO5/c1-3-5-7-9-11-13-15-17-31-35-39-43-47-51-55-61(66)67-56-52-48-44-40-36-32-28-26-24-22-20-18-19-21-23-25-27-30-34-38-42-46-50-54-60(65)62-58(57-63)59(64)53-49-45-41-37-33-29-16-14-12-10-8-6-4-2/h15,17-18,20-21,23,49,53,58-59,63-64H,3-14,16,19,22,24-48,50-52,54-57H2,1-2H3,(H,62,65)/b17-15-,20-18-,23-21-,53-49+. The predicted molar refractivity (Wildman–Crippen MR) is 292 cm³/mol. The van der Waals surface area contributed by atoms with Gasteiger partial charge in [-0.2, -0.15) is 0 Å². The van der Waals surface area contributed by atoms with E-state index in [0.29, 0.717) is 19.4 Å². The maximum absolute atomic E-state index is 12.4. The summed E-state index contributed by atoms with van der Waals surface area (Å²) in [6.45, 7) is 4.88. The Balaban J connectivity index is 3.47. The fraction of sp³-hybridized carbons (Fsp3) is 0.836. The number of rotatable bonds is 54. The number of nitrogens with one attached hydrogen (secondary N) is 1. The highest BCUT2D eigenvalue weighted by Gasteiger charge is 2.18. The van der Waals surface area contributed by atoms with E-state index in [1.54, 1.807) is 6.08 Å². The third-order valence-corrected chi connectivity index (χ3v) is 13.3. The van der Waals surface area contributed by atoms with Crippen LogP contribution in [0.1, 0.15) is 303 Å². The lowest BCUT2D eigenvalue weighted by molar-refractivity contribution is -0.143. The Labute approximate surface area is 416 Å². The van der Waals surface area contributed by atoms with Gasteiger partial charge in [0.1, 0.15) is 0 Å². The summed E-state index contributed by atoms with van der Waals surface area (Å²) in [5, 5.41) is 23.0. The smallest absolute Gasteiger partial charge is 0.305 e. The maximum atomic E-state index is 12.4. The second-order valence-electron chi connectivity index (χ2n) is 20.0. The molecule has 0 spiro atoms. The van der Waals surface area contributed by atoms with E-state index in [4.69, 9.17) is 4.74 Å². The molecule has 0 saturated heterocycles. The summed E-state index contributed by atoms with van der Waals surface area (Å²) in [6.07, 6.45) is 71.4. The van der Waals surface area contributed by atoms with E-state index in [-0.39, 0.29) is 18.5 Å². The van der Waals surface area contributed by atoms with Crippen LogP contribution in [0.25, 0.3) is 0 Å². The first-order valence-electron chi connectivity index (χ1n) is 29.4. The quantitative estimate of drug-likeness (QED) is 0.0321. The summed E-state index contributed by atoms with van der Waals surface area (Å²) in [5.41, 5.74) is 0. The Morgan fingerprint density at radius 3 is 1.15 bits per heavy atom. The van der Waals surface area contributed by atoms with E-state index < -0.39 is 12.1 Å². The van der Waals surface area contributed by atoms with Crippen LogP contribution < -0.4 is 5.32 Å². The summed E-state index contributed by atoms with van der Waals surface area (Å²) >= 11 is 0. The fourth-order valence-electron chi connectivity index (χ4n) is 8.78. The minimum atomic E-state index is -0.851. The van der Waals surface area contributed by atoms with E-state index in [2.05, 4.69) is 55.6 Å². The lowest BCUT2D eigenvalue weighted by Gasteiger charge is -2.20. The molecule has 0 aromatic carbocycles. The van der Waals surface area contributed by atoms with E-state index in [1.165, 1.54) is 212 Å². The average molecular weight is 941 g/mol. The van der Waals surface area contributed by atoms with Crippen LogP contribution in [0, 0.1) is 0 Å². The summed E-state index contributed by atoms with van der Waals surface area (Å²) < 4.78 is 5.47. The normalized spacial score (nSPS) is 13.0. The Morgan fingerprint density at radius 2 is 0.746 bits per heavy atom. The van der Waals surface area contributed by atoms with Crippen molar-refractivity contribution in [2.24, 2.45) is 0 Å². The number of hydrogen-bond acceptors (Lipinski definition) is 5. The zero-order valence-electron chi connectivity index (χ0n) is 44.6. The molecule has 0 aliphatic carbocycles. The van der Waals surface area contributed by atoms with Gasteiger partial charge in [-0.05, 0) is 89.9 Å². The molecule has 0 rings (SSSR count). The van der Waals surface area contributed by atoms with Gasteiger partial charge in [0, 0.05) is 12.8 Å². The molecular formula is C61H113NO5. The lowest BCUT2D eigenvalue weighted by atomic mass is 10.0. The van der Waals surface area contributed by atoms with Gasteiger partial charge in [0.15, 0.2) is 0 Å². The van der Waals surface area contributed by atoms with Crippen molar-refractivity contribution >= 4 is 11.9 Å². The third-order valence-electron chi connectivity index (χ3n) is 13.3. The molecule has 2 atom stereocenters. The highest BCUT2D eigenvalue weighted by Crippen LogP contribution is 2.15. The molecule has 0 aromatic rings. The van der Waals surface area contributed by atoms with Gasteiger partial charge in [-0.15, -0.1) is 0 Å². The molecule has 0 heterocycles. The Hall–Kier alpha value is -2.18. The first-order valence-corrected chi connectivity index (χ1v) is 29.4. The molecule has 0 bridgehead atoms. The van der Waals surface area contributed by atoms with Gasteiger partial charge in [0.2, 0.25) is 5.91 Å². The van der Waals surface area contributed by atoms with Crippen molar-refractivity contribution in [1.82, 2.24) is 5.32 Å². The van der Waals surface area contributed by atoms with Crippen LogP contribution in [0.2, 0.25) is 0 Å². The zero-order valence-corrected chi connectivity index (χ0v) is 44.6. The molecule has 0 radical (unpaired) electrons. The van der Waals surface area contributed by atoms with Crippen LogP contribution in [0.4, 0.5) is 0 Å². The molecule has 0 aliphatic rings. The van der Waals surface area contributed by atoms with Gasteiger partial charge in [-0.25, -0.2) is 0 Å². The fourth-order valence-corrected chi connectivity index (χ4v) is 8.78. The molecular weight excluding hydrogens is 827 g/mol. The molecule has 392 valence electrons.